The highest BCUT2D eigenvalue weighted by Gasteiger charge is 2.35. The Labute approximate surface area is 147 Å². The second kappa shape index (κ2) is 7.92. The van der Waals surface area contributed by atoms with Crippen molar-refractivity contribution in [3.8, 4) is 0 Å². The van der Waals surface area contributed by atoms with Crippen molar-refractivity contribution in [1.82, 2.24) is 10.6 Å². The van der Waals surface area contributed by atoms with Crippen molar-refractivity contribution in [3.63, 3.8) is 0 Å². The Morgan fingerprint density at radius 1 is 0.920 bits per heavy atom. The lowest BCUT2D eigenvalue weighted by Gasteiger charge is -2.23. The number of benzene rings is 2. The van der Waals surface area contributed by atoms with Crippen LogP contribution in [0.1, 0.15) is 30.5 Å². The molecule has 0 unspecified atom stereocenters. The van der Waals surface area contributed by atoms with Gasteiger partial charge in [-0.1, -0.05) is 36.4 Å². The van der Waals surface area contributed by atoms with E-state index in [1.54, 1.807) is 26.0 Å². The molecule has 0 aliphatic carbocycles. The molecule has 25 heavy (non-hydrogen) atoms. The van der Waals surface area contributed by atoms with Gasteiger partial charge in [0.2, 0.25) is 11.8 Å². The summed E-state index contributed by atoms with van der Waals surface area (Å²) in [6.07, 6.45) is 0. The highest BCUT2D eigenvalue weighted by molar-refractivity contribution is 6.04. The van der Waals surface area contributed by atoms with Crippen LogP contribution in [-0.4, -0.2) is 11.8 Å². The molecule has 2 amide bonds. The second-order valence-electron chi connectivity index (χ2n) is 6.54. The van der Waals surface area contributed by atoms with E-state index in [1.165, 1.54) is 12.1 Å². The molecule has 0 fully saturated rings. The first-order chi connectivity index (χ1) is 11.8. The first-order valence-electron chi connectivity index (χ1n) is 8.16. The van der Waals surface area contributed by atoms with E-state index >= 15 is 0 Å². The third-order valence-corrected chi connectivity index (χ3v) is 4.20. The summed E-state index contributed by atoms with van der Waals surface area (Å²) in [5.41, 5.74) is 1.66. The normalized spacial score (nSPS) is 11.0. The maximum absolute atomic E-state index is 12.9. The van der Waals surface area contributed by atoms with Gasteiger partial charge in [-0.3, -0.25) is 9.59 Å². The molecule has 2 aromatic rings. The first-order valence-corrected chi connectivity index (χ1v) is 8.16. The number of halogens is 1. The summed E-state index contributed by atoms with van der Waals surface area (Å²) in [4.78, 5) is 24.8. The van der Waals surface area contributed by atoms with Crippen LogP contribution in [0.5, 0.6) is 0 Å². The summed E-state index contributed by atoms with van der Waals surface area (Å²) >= 11 is 0. The SMILES string of the molecule is Cc1ccccc1CNC(=O)C(C)(C)C(=O)NCc1ccc(F)cc1. The number of carbonyl (C=O) groups excluding carboxylic acids is 2. The smallest absolute Gasteiger partial charge is 0.235 e. The monoisotopic (exact) mass is 342 g/mol. The van der Waals surface area contributed by atoms with Gasteiger partial charge >= 0.3 is 0 Å². The molecule has 2 N–H and O–H groups in total. The van der Waals surface area contributed by atoms with Crippen LogP contribution < -0.4 is 10.6 Å². The minimum absolute atomic E-state index is 0.244. The molecule has 0 spiro atoms. The van der Waals surface area contributed by atoms with Crippen LogP contribution in [0.25, 0.3) is 0 Å². The van der Waals surface area contributed by atoms with Crippen LogP contribution in [0.4, 0.5) is 4.39 Å². The summed E-state index contributed by atoms with van der Waals surface area (Å²) in [7, 11) is 0. The van der Waals surface area contributed by atoms with Crippen LogP contribution >= 0.6 is 0 Å². The van der Waals surface area contributed by atoms with Crippen LogP contribution in [0.15, 0.2) is 48.5 Å². The Balaban J connectivity index is 1.91. The molecule has 0 saturated carbocycles. The molecule has 0 atom stereocenters. The molecule has 132 valence electrons. The highest BCUT2D eigenvalue weighted by Crippen LogP contribution is 2.17. The van der Waals surface area contributed by atoms with Gasteiger partial charge in [-0.15, -0.1) is 0 Å². The topological polar surface area (TPSA) is 58.2 Å². The molecule has 0 aliphatic heterocycles. The zero-order chi connectivity index (χ0) is 18.4. The number of carbonyl (C=O) groups is 2. The van der Waals surface area contributed by atoms with Gasteiger partial charge in [0.25, 0.3) is 0 Å². The van der Waals surface area contributed by atoms with E-state index in [4.69, 9.17) is 0 Å². The molecular weight excluding hydrogens is 319 g/mol. The van der Waals surface area contributed by atoms with Gasteiger partial charge < -0.3 is 10.6 Å². The third-order valence-electron chi connectivity index (χ3n) is 4.20. The van der Waals surface area contributed by atoms with Gasteiger partial charge in [-0.05, 0) is 49.6 Å². The lowest BCUT2D eigenvalue weighted by molar-refractivity contribution is -0.141. The maximum Gasteiger partial charge on any atom is 0.235 e. The van der Waals surface area contributed by atoms with Crippen molar-refractivity contribution in [2.45, 2.75) is 33.9 Å². The molecule has 0 saturated heterocycles. The fourth-order valence-electron chi connectivity index (χ4n) is 2.31. The van der Waals surface area contributed by atoms with Crippen LogP contribution in [0.3, 0.4) is 0 Å². The van der Waals surface area contributed by atoms with E-state index in [1.807, 2.05) is 31.2 Å². The summed E-state index contributed by atoms with van der Waals surface area (Å²) in [6.45, 7) is 5.76. The van der Waals surface area contributed by atoms with Crippen molar-refractivity contribution in [2.24, 2.45) is 5.41 Å². The standard InChI is InChI=1S/C20H23FN2O2/c1-14-6-4-5-7-16(14)13-23-19(25)20(2,3)18(24)22-12-15-8-10-17(21)11-9-15/h4-11H,12-13H2,1-3H3,(H,22,24)(H,23,25). The van der Waals surface area contributed by atoms with Crippen molar-refractivity contribution in [1.29, 1.82) is 0 Å². The molecule has 0 radical (unpaired) electrons. The minimum Gasteiger partial charge on any atom is -0.351 e. The van der Waals surface area contributed by atoms with E-state index in [0.717, 1.165) is 16.7 Å². The van der Waals surface area contributed by atoms with E-state index < -0.39 is 5.41 Å². The predicted molar refractivity (Wildman–Crippen MR) is 95.1 cm³/mol. The number of rotatable bonds is 6. The number of nitrogens with one attached hydrogen (secondary N) is 2. The average molecular weight is 342 g/mol. The van der Waals surface area contributed by atoms with Gasteiger partial charge in [-0.2, -0.15) is 0 Å². The summed E-state index contributed by atoms with van der Waals surface area (Å²) in [5.74, 6) is -1.04. The first kappa shape index (κ1) is 18.6. The largest absolute Gasteiger partial charge is 0.351 e. The van der Waals surface area contributed by atoms with Gasteiger partial charge in [0.1, 0.15) is 11.2 Å². The zero-order valence-corrected chi connectivity index (χ0v) is 14.7. The van der Waals surface area contributed by atoms with Crippen LogP contribution in [-0.2, 0) is 22.7 Å². The molecule has 0 aromatic heterocycles. The molecule has 5 heteroatoms. The molecule has 0 aliphatic rings. The van der Waals surface area contributed by atoms with Crippen molar-refractivity contribution < 1.29 is 14.0 Å². The van der Waals surface area contributed by atoms with Crippen LogP contribution in [0.2, 0.25) is 0 Å². The molecule has 0 heterocycles. The van der Waals surface area contributed by atoms with Gasteiger partial charge in [0.05, 0.1) is 0 Å². The number of aryl methyl sites for hydroxylation is 1. The fourth-order valence-corrected chi connectivity index (χ4v) is 2.31. The van der Waals surface area contributed by atoms with E-state index in [9.17, 15) is 14.0 Å². The quantitative estimate of drug-likeness (QED) is 0.793. The van der Waals surface area contributed by atoms with Gasteiger partial charge in [0, 0.05) is 13.1 Å². The maximum atomic E-state index is 12.9. The van der Waals surface area contributed by atoms with E-state index in [-0.39, 0.29) is 24.2 Å². The zero-order valence-electron chi connectivity index (χ0n) is 14.7. The summed E-state index contributed by atoms with van der Waals surface area (Å²) in [6, 6.07) is 13.6. The number of amides is 2. The van der Waals surface area contributed by atoms with Crippen molar-refractivity contribution >= 4 is 11.8 Å². The summed E-state index contributed by atoms with van der Waals surface area (Å²) < 4.78 is 12.9. The number of hydrogen-bond acceptors (Lipinski definition) is 2. The Bertz CT molecular complexity index is 755. The Morgan fingerprint density at radius 2 is 1.48 bits per heavy atom. The van der Waals surface area contributed by atoms with E-state index in [0.29, 0.717) is 6.54 Å². The lowest BCUT2D eigenvalue weighted by atomic mass is 9.90. The predicted octanol–water partition coefficient (Wildman–Crippen LogP) is 3.09. The van der Waals surface area contributed by atoms with Gasteiger partial charge in [-0.25, -0.2) is 4.39 Å². The molecule has 2 rings (SSSR count). The molecule has 2 aromatic carbocycles. The summed E-state index contributed by atoms with van der Waals surface area (Å²) in [5, 5.41) is 5.54. The van der Waals surface area contributed by atoms with Crippen molar-refractivity contribution in [2.75, 3.05) is 0 Å². The Hall–Kier alpha value is -2.69. The fraction of sp³-hybridized carbons (Fsp3) is 0.300. The molecule has 4 nitrogen and oxygen atoms in total. The average Bonchev–Trinajstić information content (AvgIpc) is 2.59. The molecule has 0 bridgehead atoms. The van der Waals surface area contributed by atoms with Crippen molar-refractivity contribution in [3.05, 3.63) is 71.0 Å². The Kier molecular flexibility index (Phi) is 5.91. The lowest BCUT2D eigenvalue weighted by Crippen LogP contribution is -2.47. The van der Waals surface area contributed by atoms with E-state index in [2.05, 4.69) is 10.6 Å². The highest BCUT2D eigenvalue weighted by atomic mass is 19.1. The molecular formula is C20H23FN2O2. The van der Waals surface area contributed by atoms with Gasteiger partial charge in [0.15, 0.2) is 0 Å². The van der Waals surface area contributed by atoms with Crippen LogP contribution in [0, 0.1) is 18.2 Å². The second-order valence-corrected chi connectivity index (χ2v) is 6.54. The third kappa shape index (κ3) is 4.89. The number of hydrogen-bond donors (Lipinski definition) is 2. The Morgan fingerprint density at radius 3 is 2.08 bits per heavy atom. The minimum atomic E-state index is -1.21.